The van der Waals surface area contributed by atoms with Crippen LogP contribution < -0.4 is 0 Å². The summed E-state index contributed by atoms with van der Waals surface area (Å²) in [4.78, 5) is 14.6. The van der Waals surface area contributed by atoms with E-state index in [1.165, 1.54) is 78.9 Å². The highest BCUT2D eigenvalue weighted by Crippen LogP contribution is 2.52. The van der Waals surface area contributed by atoms with Gasteiger partial charge in [-0.15, -0.1) is 0 Å². The summed E-state index contributed by atoms with van der Waals surface area (Å²) in [6.07, 6.45) is 9.82. The lowest BCUT2D eigenvalue weighted by Gasteiger charge is -2.38. The third-order valence-electron chi connectivity index (χ3n) is 16.5. The summed E-state index contributed by atoms with van der Waals surface area (Å²) in [5.41, 5.74) is 23.9. The molecule has 0 N–H and O–H groups in total. The summed E-state index contributed by atoms with van der Waals surface area (Å²) < 4.78 is 14.0. The summed E-state index contributed by atoms with van der Waals surface area (Å²) >= 11 is 0. The highest BCUT2D eigenvalue weighted by molar-refractivity contribution is 5.77. The molecule has 11 rings (SSSR count). The molecular weight excluding hydrogens is 974 g/mol. The van der Waals surface area contributed by atoms with Crippen molar-refractivity contribution in [3.05, 3.63) is 258 Å². The second-order valence-corrected chi connectivity index (χ2v) is 25.6. The lowest BCUT2D eigenvalue weighted by molar-refractivity contribution is 0.353. The molecule has 1 aliphatic rings. The van der Waals surface area contributed by atoms with Crippen LogP contribution >= 0.6 is 0 Å². The van der Waals surface area contributed by atoms with Crippen LogP contribution in [0.4, 0.5) is 4.39 Å². The van der Waals surface area contributed by atoms with Crippen LogP contribution in [0.3, 0.4) is 0 Å². The molecule has 7 aromatic carbocycles. The Labute approximate surface area is 475 Å². The van der Waals surface area contributed by atoms with Crippen molar-refractivity contribution < 1.29 is 4.39 Å². The van der Waals surface area contributed by atoms with Crippen LogP contribution in [0.5, 0.6) is 0 Å². The van der Waals surface area contributed by atoms with E-state index in [2.05, 4.69) is 238 Å². The van der Waals surface area contributed by atoms with Gasteiger partial charge in [-0.2, -0.15) is 0 Å². The second kappa shape index (κ2) is 22.2. The molecule has 3 heterocycles. The largest absolute Gasteiger partial charge is 0.256 e. The van der Waals surface area contributed by atoms with Crippen molar-refractivity contribution in [2.45, 2.75) is 117 Å². The smallest absolute Gasteiger partial charge is 0.123 e. The van der Waals surface area contributed by atoms with E-state index in [9.17, 15) is 4.39 Å². The second-order valence-electron chi connectivity index (χ2n) is 25.6. The normalized spacial score (nSPS) is 15.9. The minimum absolute atomic E-state index is 0.0378. The van der Waals surface area contributed by atoms with Gasteiger partial charge in [-0.05, 0) is 174 Å². The number of halogens is 1. The predicted molar refractivity (Wildman–Crippen MR) is 333 cm³/mol. The first-order valence-corrected chi connectivity index (χ1v) is 28.7. The summed E-state index contributed by atoms with van der Waals surface area (Å²) in [7, 11) is 0. The van der Waals surface area contributed by atoms with Gasteiger partial charge in [0.1, 0.15) is 5.82 Å². The van der Waals surface area contributed by atoms with Crippen molar-refractivity contribution in [3.63, 3.8) is 0 Å². The minimum Gasteiger partial charge on any atom is -0.256 e. The molecule has 0 amide bonds. The van der Waals surface area contributed by atoms with E-state index >= 15 is 0 Å². The van der Waals surface area contributed by atoms with Crippen LogP contribution in [0.1, 0.15) is 133 Å². The zero-order valence-corrected chi connectivity index (χ0v) is 48.1. The molecular formula is C76H74FN3. The minimum atomic E-state index is -0.237. The summed E-state index contributed by atoms with van der Waals surface area (Å²) in [5, 5.41) is 0. The van der Waals surface area contributed by atoms with Gasteiger partial charge < -0.3 is 0 Å². The highest BCUT2D eigenvalue weighted by atomic mass is 19.1. The molecule has 0 saturated heterocycles. The Kier molecular flexibility index (Phi) is 15.0. The zero-order valence-electron chi connectivity index (χ0n) is 48.1. The first-order chi connectivity index (χ1) is 38.4. The van der Waals surface area contributed by atoms with E-state index < -0.39 is 0 Å². The van der Waals surface area contributed by atoms with Gasteiger partial charge >= 0.3 is 0 Å². The molecule has 3 nitrogen and oxygen atoms in total. The Hall–Kier alpha value is -8.08. The van der Waals surface area contributed by atoms with Gasteiger partial charge in [-0.1, -0.05) is 220 Å². The molecule has 400 valence electrons. The third kappa shape index (κ3) is 11.9. The fraction of sp³-hybridized carbons (Fsp3) is 0.250. The number of pyridine rings is 3. The average molecular weight is 1050 g/mol. The zero-order chi connectivity index (χ0) is 55.8. The van der Waals surface area contributed by atoms with E-state index in [0.29, 0.717) is 0 Å². The van der Waals surface area contributed by atoms with Crippen molar-refractivity contribution in [2.75, 3.05) is 0 Å². The molecule has 0 spiro atoms. The van der Waals surface area contributed by atoms with E-state index in [-0.39, 0.29) is 39.8 Å². The van der Waals surface area contributed by atoms with Crippen LogP contribution in [-0.4, -0.2) is 15.0 Å². The lowest BCUT2D eigenvalue weighted by atomic mass is 9.66. The van der Waals surface area contributed by atoms with Crippen molar-refractivity contribution in [2.24, 2.45) is 5.41 Å². The molecule has 0 radical (unpaired) electrons. The van der Waals surface area contributed by atoms with Crippen LogP contribution in [0.25, 0.3) is 78.3 Å². The predicted octanol–water partition coefficient (Wildman–Crippen LogP) is 20.7. The van der Waals surface area contributed by atoms with Gasteiger partial charge in [0.2, 0.25) is 0 Å². The molecule has 80 heavy (non-hydrogen) atoms. The van der Waals surface area contributed by atoms with E-state index in [1.807, 2.05) is 30.7 Å². The van der Waals surface area contributed by atoms with Crippen molar-refractivity contribution in [3.8, 4) is 78.3 Å². The Morgan fingerprint density at radius 1 is 0.362 bits per heavy atom. The SMILES string of the molecule is CC(C)(C)Cc1cc(-c2ccc(-c3ccccc3C3CC(c4ccccc4-c4ccc(-c5cc(C(C)(C)C)ccn5)cc4)CC(c4ccccc4-c4ccc(-c5cc(C(C)(C)C)ccn5)cc4)C3)cc2)ncc1-c1ccc(F)cc1. The van der Waals surface area contributed by atoms with Crippen LogP contribution in [0.15, 0.2) is 219 Å². The topological polar surface area (TPSA) is 38.7 Å². The van der Waals surface area contributed by atoms with Crippen molar-refractivity contribution in [1.29, 1.82) is 0 Å². The number of aromatic nitrogens is 3. The number of benzene rings is 7. The van der Waals surface area contributed by atoms with Gasteiger partial charge in [0, 0.05) is 40.8 Å². The molecule has 2 unspecified atom stereocenters. The van der Waals surface area contributed by atoms with Gasteiger partial charge in [-0.3, -0.25) is 15.0 Å². The number of nitrogens with zero attached hydrogens (tertiary/aromatic N) is 3. The summed E-state index contributed by atoms with van der Waals surface area (Å²) in [6, 6.07) is 72.4. The molecule has 1 saturated carbocycles. The first-order valence-electron chi connectivity index (χ1n) is 28.7. The average Bonchev–Trinajstić information content (AvgIpc) is 3.51. The Bertz CT molecular complexity index is 3620. The molecule has 4 heteroatoms. The van der Waals surface area contributed by atoms with Gasteiger partial charge in [0.15, 0.2) is 0 Å². The van der Waals surface area contributed by atoms with Crippen LogP contribution in [0.2, 0.25) is 0 Å². The van der Waals surface area contributed by atoms with E-state index in [0.717, 1.165) is 70.6 Å². The monoisotopic (exact) mass is 1050 g/mol. The maximum atomic E-state index is 14.0. The lowest BCUT2D eigenvalue weighted by Crippen LogP contribution is -2.21. The Morgan fingerprint density at radius 3 is 1.05 bits per heavy atom. The molecule has 2 atom stereocenters. The fourth-order valence-corrected chi connectivity index (χ4v) is 12.3. The first kappa shape index (κ1) is 53.9. The molecule has 1 aliphatic carbocycles. The Morgan fingerprint density at radius 2 is 0.688 bits per heavy atom. The maximum Gasteiger partial charge on any atom is 0.123 e. The van der Waals surface area contributed by atoms with Gasteiger partial charge in [0.05, 0.1) is 17.1 Å². The highest BCUT2D eigenvalue weighted by Gasteiger charge is 2.35. The fourth-order valence-electron chi connectivity index (χ4n) is 12.3. The third-order valence-corrected chi connectivity index (χ3v) is 16.5. The van der Waals surface area contributed by atoms with Crippen LogP contribution in [-0.2, 0) is 17.3 Å². The van der Waals surface area contributed by atoms with Crippen molar-refractivity contribution in [1.82, 2.24) is 15.0 Å². The van der Waals surface area contributed by atoms with Gasteiger partial charge in [0.25, 0.3) is 0 Å². The number of hydrogen-bond acceptors (Lipinski definition) is 3. The Balaban J connectivity index is 0.955. The summed E-state index contributed by atoms with van der Waals surface area (Å²) in [5.74, 6) is 0.624. The molecule has 1 fully saturated rings. The molecule has 0 bridgehead atoms. The maximum absolute atomic E-state index is 14.0. The summed E-state index contributed by atoms with van der Waals surface area (Å²) in [6.45, 7) is 20.3. The van der Waals surface area contributed by atoms with E-state index in [1.54, 1.807) is 0 Å². The molecule has 0 aliphatic heterocycles. The quantitative estimate of drug-likeness (QED) is 0.130. The number of hydrogen-bond donors (Lipinski definition) is 0. The standard InChI is InChI=1S/C76H74FN3/c1-74(2,3)48-60-45-71(80-49-70(60)53-34-36-63(77)37-35-53)54-28-22-50(23-29-54)64-16-10-13-19-67(64)57-42-58(68-20-14-11-17-65(68)51-24-30-55(31-25-51)72-46-61(38-40-78-72)75(4,5)6)44-59(43-57)69-21-15-12-18-66(69)52-26-32-56(33-27-52)73-47-62(39-41-79-73)76(7,8)9/h10-41,45-47,49,57-59H,42-44,48H2,1-9H3. The van der Waals surface area contributed by atoms with Gasteiger partial charge in [-0.25, -0.2) is 4.39 Å². The molecule has 10 aromatic rings. The number of rotatable bonds is 11. The molecule has 3 aromatic heterocycles. The van der Waals surface area contributed by atoms with E-state index in [4.69, 9.17) is 15.0 Å². The van der Waals surface area contributed by atoms with Crippen LogP contribution in [0, 0.1) is 11.2 Å². The van der Waals surface area contributed by atoms with Crippen molar-refractivity contribution >= 4 is 0 Å².